The van der Waals surface area contributed by atoms with Crippen molar-refractivity contribution in [2.24, 2.45) is 0 Å². The Kier molecular flexibility index (Phi) is 5.30. The molecule has 1 heterocycles. The smallest absolute Gasteiger partial charge is 0.333 e. The van der Waals surface area contributed by atoms with Crippen molar-refractivity contribution < 1.29 is 14.7 Å². The molecule has 1 aliphatic rings. The van der Waals surface area contributed by atoms with Crippen LogP contribution < -0.4 is 5.43 Å². The van der Waals surface area contributed by atoms with E-state index in [9.17, 15) is 9.59 Å². The molecule has 0 aromatic heterocycles. The molecule has 1 saturated heterocycles. The van der Waals surface area contributed by atoms with Gasteiger partial charge in [-0.25, -0.2) is 9.80 Å². The molecule has 6 heteroatoms. The van der Waals surface area contributed by atoms with Crippen LogP contribution in [-0.2, 0) is 4.79 Å². The lowest BCUT2D eigenvalue weighted by atomic mass is 10.2. The number of terminal acetylenes is 1. The minimum absolute atomic E-state index is 0.00796. The molecule has 0 aromatic carbocycles. The van der Waals surface area contributed by atoms with Crippen LogP contribution in [0.15, 0.2) is 0 Å². The normalized spacial score (nSPS) is 15.9. The van der Waals surface area contributed by atoms with Gasteiger partial charge in [0.1, 0.15) is 6.54 Å². The van der Waals surface area contributed by atoms with Crippen LogP contribution in [-0.4, -0.2) is 53.2 Å². The Labute approximate surface area is 101 Å². The maximum atomic E-state index is 11.8. The summed E-state index contributed by atoms with van der Waals surface area (Å²) in [5.41, 5.74) is 2.67. The van der Waals surface area contributed by atoms with E-state index in [-0.39, 0.29) is 13.1 Å². The van der Waals surface area contributed by atoms with E-state index in [1.54, 1.807) is 5.01 Å². The van der Waals surface area contributed by atoms with E-state index in [0.29, 0.717) is 0 Å². The van der Waals surface area contributed by atoms with E-state index in [0.717, 1.165) is 37.3 Å². The summed E-state index contributed by atoms with van der Waals surface area (Å²) >= 11 is 0. The maximum Gasteiger partial charge on any atom is 0.333 e. The number of aliphatic carboxylic acids is 1. The Balaban J connectivity index is 2.46. The monoisotopic (exact) mass is 239 g/mol. The number of carboxylic acids is 1. The number of hydrogen-bond acceptors (Lipinski definition) is 3. The van der Waals surface area contributed by atoms with Crippen LogP contribution in [0.2, 0.25) is 0 Å². The van der Waals surface area contributed by atoms with Crippen LogP contribution in [0.25, 0.3) is 0 Å². The van der Waals surface area contributed by atoms with Crippen molar-refractivity contribution in [1.82, 2.24) is 15.3 Å². The van der Waals surface area contributed by atoms with E-state index in [1.165, 1.54) is 0 Å². The summed E-state index contributed by atoms with van der Waals surface area (Å²) in [6, 6.07) is -0.452. The molecule has 0 aromatic rings. The van der Waals surface area contributed by atoms with Crippen LogP contribution in [0, 0.1) is 12.3 Å². The van der Waals surface area contributed by atoms with Gasteiger partial charge in [-0.05, 0) is 12.8 Å². The summed E-state index contributed by atoms with van der Waals surface area (Å²) < 4.78 is 0. The number of carbonyl (C=O) groups is 2. The summed E-state index contributed by atoms with van der Waals surface area (Å²) in [5, 5.41) is 10.5. The Morgan fingerprint density at radius 3 is 2.53 bits per heavy atom. The van der Waals surface area contributed by atoms with Gasteiger partial charge in [0.15, 0.2) is 0 Å². The fourth-order valence-corrected chi connectivity index (χ4v) is 1.68. The van der Waals surface area contributed by atoms with E-state index in [4.69, 9.17) is 11.5 Å². The average molecular weight is 239 g/mol. The highest BCUT2D eigenvalue weighted by molar-refractivity contribution is 5.80. The molecule has 2 amide bonds. The number of hydrazine groups is 1. The van der Waals surface area contributed by atoms with Gasteiger partial charge >= 0.3 is 12.0 Å². The second-order valence-electron chi connectivity index (χ2n) is 3.92. The number of carboxylic acid groups (broad SMARTS) is 1. The maximum absolute atomic E-state index is 11.8. The molecule has 0 aliphatic carbocycles. The number of rotatable bonds is 4. The molecule has 0 bridgehead atoms. The first-order valence-electron chi connectivity index (χ1n) is 5.59. The predicted molar refractivity (Wildman–Crippen MR) is 62.0 cm³/mol. The van der Waals surface area contributed by atoms with Crippen LogP contribution in [0.3, 0.4) is 0 Å². The summed E-state index contributed by atoms with van der Waals surface area (Å²) in [6.45, 7) is 1.20. The molecule has 0 unspecified atom stereocenters. The molecule has 1 fully saturated rings. The number of piperidine rings is 1. The van der Waals surface area contributed by atoms with Gasteiger partial charge in [0.05, 0.1) is 6.54 Å². The van der Waals surface area contributed by atoms with Crippen molar-refractivity contribution in [1.29, 1.82) is 0 Å². The van der Waals surface area contributed by atoms with Crippen molar-refractivity contribution in [3.63, 3.8) is 0 Å². The third kappa shape index (κ3) is 4.74. The molecule has 1 aliphatic heterocycles. The van der Waals surface area contributed by atoms with E-state index >= 15 is 0 Å². The summed E-state index contributed by atoms with van der Waals surface area (Å²) in [6.07, 6.45) is 8.33. The van der Waals surface area contributed by atoms with Gasteiger partial charge in [-0.3, -0.25) is 10.2 Å². The molecular formula is C11H17N3O3. The molecule has 17 heavy (non-hydrogen) atoms. The lowest BCUT2D eigenvalue weighted by Gasteiger charge is -2.29. The second kappa shape index (κ2) is 6.76. The number of nitrogens with zero attached hydrogens (tertiary/aromatic N) is 2. The largest absolute Gasteiger partial charge is 0.480 e. The van der Waals surface area contributed by atoms with Gasteiger partial charge in [-0.2, -0.15) is 0 Å². The number of nitrogens with one attached hydrogen (secondary N) is 1. The number of carbonyl (C=O) groups excluding carboxylic acids is 1. The fourth-order valence-electron chi connectivity index (χ4n) is 1.68. The molecule has 0 radical (unpaired) electrons. The third-order valence-electron chi connectivity index (χ3n) is 2.51. The van der Waals surface area contributed by atoms with Gasteiger partial charge in [-0.1, -0.05) is 12.3 Å². The Bertz CT molecular complexity index is 318. The van der Waals surface area contributed by atoms with Gasteiger partial charge in [0.25, 0.3) is 0 Å². The van der Waals surface area contributed by atoms with Gasteiger partial charge in [-0.15, -0.1) is 6.42 Å². The van der Waals surface area contributed by atoms with Gasteiger partial charge < -0.3 is 10.0 Å². The van der Waals surface area contributed by atoms with Crippen molar-refractivity contribution in [3.05, 3.63) is 0 Å². The van der Waals surface area contributed by atoms with E-state index in [1.807, 2.05) is 0 Å². The molecule has 0 atom stereocenters. The minimum Gasteiger partial charge on any atom is -0.480 e. The number of urea groups is 1. The van der Waals surface area contributed by atoms with Crippen LogP contribution in [0.5, 0.6) is 0 Å². The Morgan fingerprint density at radius 1 is 1.35 bits per heavy atom. The minimum atomic E-state index is -1.07. The van der Waals surface area contributed by atoms with Crippen molar-refractivity contribution in [2.45, 2.75) is 19.3 Å². The van der Waals surface area contributed by atoms with Crippen molar-refractivity contribution >= 4 is 12.0 Å². The van der Waals surface area contributed by atoms with Gasteiger partial charge in [0, 0.05) is 13.1 Å². The molecule has 2 N–H and O–H groups in total. The van der Waals surface area contributed by atoms with Crippen LogP contribution in [0.4, 0.5) is 4.79 Å². The molecule has 0 spiro atoms. The lowest BCUT2D eigenvalue weighted by Crippen LogP contribution is -2.51. The fraction of sp³-hybridized carbons (Fsp3) is 0.636. The first kappa shape index (κ1) is 13.3. The quantitative estimate of drug-likeness (QED) is 0.683. The SMILES string of the molecule is C#CCN(CC(=O)O)C(=O)NN1CCCCC1. The topological polar surface area (TPSA) is 72.9 Å². The number of hydrogen-bond donors (Lipinski definition) is 2. The standard InChI is InChI=1S/C11H17N3O3/c1-2-6-13(9-10(15)16)11(17)12-14-7-4-3-5-8-14/h1H,3-9H2,(H,12,17)(H,15,16). The average Bonchev–Trinajstić information content (AvgIpc) is 2.29. The first-order valence-corrected chi connectivity index (χ1v) is 5.59. The molecular weight excluding hydrogens is 222 g/mol. The Morgan fingerprint density at radius 2 is 2.00 bits per heavy atom. The molecule has 6 nitrogen and oxygen atoms in total. The summed E-state index contributed by atoms with van der Waals surface area (Å²) in [7, 11) is 0. The first-order chi connectivity index (χ1) is 8.13. The predicted octanol–water partition coefficient (Wildman–Crippen LogP) is 0.117. The lowest BCUT2D eigenvalue weighted by molar-refractivity contribution is -0.137. The Hall–Kier alpha value is -1.74. The second-order valence-corrected chi connectivity index (χ2v) is 3.92. The molecule has 94 valence electrons. The zero-order chi connectivity index (χ0) is 12.7. The van der Waals surface area contributed by atoms with Crippen molar-refractivity contribution in [3.8, 4) is 12.3 Å². The molecule has 1 rings (SSSR count). The van der Waals surface area contributed by atoms with Gasteiger partial charge in [0.2, 0.25) is 0 Å². The van der Waals surface area contributed by atoms with E-state index in [2.05, 4.69) is 11.3 Å². The third-order valence-corrected chi connectivity index (χ3v) is 2.51. The summed E-state index contributed by atoms with van der Waals surface area (Å²) in [5.74, 6) is 1.20. The highest BCUT2D eigenvalue weighted by atomic mass is 16.4. The van der Waals surface area contributed by atoms with E-state index < -0.39 is 12.0 Å². The number of amides is 2. The highest BCUT2D eigenvalue weighted by Crippen LogP contribution is 2.06. The zero-order valence-electron chi connectivity index (χ0n) is 9.69. The van der Waals surface area contributed by atoms with Crippen molar-refractivity contribution in [2.75, 3.05) is 26.2 Å². The summed E-state index contributed by atoms with van der Waals surface area (Å²) in [4.78, 5) is 23.4. The zero-order valence-corrected chi connectivity index (χ0v) is 9.69. The highest BCUT2D eigenvalue weighted by Gasteiger charge is 2.19. The van der Waals surface area contributed by atoms with Crippen LogP contribution in [0.1, 0.15) is 19.3 Å². The molecule has 0 saturated carbocycles. The van der Waals surface area contributed by atoms with Crippen LogP contribution >= 0.6 is 0 Å².